The molecule has 1 amide bonds. The number of ketones is 1. The number of amides is 1. The summed E-state index contributed by atoms with van der Waals surface area (Å²) in [6.07, 6.45) is 1.55. The van der Waals surface area contributed by atoms with Gasteiger partial charge in [0.25, 0.3) is 11.7 Å². The van der Waals surface area contributed by atoms with Crippen LogP contribution in [-0.4, -0.2) is 28.9 Å². The second-order valence-electron chi connectivity index (χ2n) is 6.78. The van der Waals surface area contributed by atoms with Crippen LogP contribution in [0, 0.1) is 11.3 Å². The van der Waals surface area contributed by atoms with Crippen LogP contribution in [0.4, 0.5) is 5.69 Å². The Hall–Kier alpha value is -4.44. The van der Waals surface area contributed by atoms with Crippen molar-refractivity contribution in [2.75, 3.05) is 12.0 Å². The summed E-state index contributed by atoms with van der Waals surface area (Å²) >= 11 is 0. The Bertz CT molecular complexity index is 1230. The maximum atomic E-state index is 13.1. The quantitative estimate of drug-likeness (QED) is 0.400. The minimum absolute atomic E-state index is 0.0856. The van der Waals surface area contributed by atoms with Crippen molar-refractivity contribution in [3.05, 3.63) is 95.3 Å². The number of anilines is 1. The van der Waals surface area contributed by atoms with Gasteiger partial charge in [-0.3, -0.25) is 19.5 Å². The smallest absolute Gasteiger partial charge is 0.300 e. The molecular formula is C24H17N3O4. The lowest BCUT2D eigenvalue weighted by Crippen LogP contribution is -2.29. The van der Waals surface area contributed by atoms with Crippen molar-refractivity contribution in [1.82, 2.24) is 4.98 Å². The number of ether oxygens (including phenoxy) is 1. The van der Waals surface area contributed by atoms with E-state index in [4.69, 9.17) is 10.00 Å². The molecule has 7 nitrogen and oxygen atoms in total. The number of methoxy groups -OCH3 is 1. The van der Waals surface area contributed by atoms with Gasteiger partial charge in [-0.2, -0.15) is 5.26 Å². The molecule has 1 fully saturated rings. The lowest BCUT2D eigenvalue weighted by Gasteiger charge is -2.24. The second kappa shape index (κ2) is 8.13. The molecule has 2 heterocycles. The van der Waals surface area contributed by atoms with E-state index in [2.05, 4.69) is 4.98 Å². The lowest BCUT2D eigenvalue weighted by atomic mass is 9.97. The van der Waals surface area contributed by atoms with Crippen LogP contribution < -0.4 is 9.64 Å². The second-order valence-corrected chi connectivity index (χ2v) is 6.78. The van der Waals surface area contributed by atoms with Crippen LogP contribution >= 0.6 is 0 Å². The molecule has 2 aromatic carbocycles. The Kier molecular flexibility index (Phi) is 5.21. The van der Waals surface area contributed by atoms with Gasteiger partial charge in [-0.25, -0.2) is 0 Å². The molecule has 152 valence electrons. The van der Waals surface area contributed by atoms with Gasteiger partial charge in [0, 0.05) is 11.9 Å². The first-order chi connectivity index (χ1) is 15.1. The average molecular weight is 411 g/mol. The van der Waals surface area contributed by atoms with E-state index in [1.807, 2.05) is 6.07 Å². The van der Waals surface area contributed by atoms with Crippen LogP contribution in [0.3, 0.4) is 0 Å². The number of carbonyl (C=O) groups is 2. The predicted molar refractivity (Wildman–Crippen MR) is 113 cm³/mol. The van der Waals surface area contributed by atoms with Crippen LogP contribution in [0.5, 0.6) is 5.75 Å². The Morgan fingerprint density at radius 2 is 1.77 bits per heavy atom. The van der Waals surface area contributed by atoms with Gasteiger partial charge < -0.3 is 9.84 Å². The predicted octanol–water partition coefficient (Wildman–Crippen LogP) is 3.59. The van der Waals surface area contributed by atoms with Crippen molar-refractivity contribution < 1.29 is 19.4 Å². The molecule has 1 aliphatic heterocycles. The van der Waals surface area contributed by atoms with E-state index in [0.29, 0.717) is 28.3 Å². The van der Waals surface area contributed by atoms with Crippen molar-refractivity contribution in [2.24, 2.45) is 0 Å². The zero-order chi connectivity index (χ0) is 22.0. The molecule has 0 radical (unpaired) electrons. The molecule has 1 N–H and O–H groups in total. The number of para-hydroxylation sites is 1. The van der Waals surface area contributed by atoms with E-state index in [1.54, 1.807) is 72.9 Å². The Morgan fingerprint density at radius 3 is 2.42 bits per heavy atom. The zero-order valence-corrected chi connectivity index (χ0v) is 16.5. The Labute approximate surface area is 178 Å². The number of aliphatic hydroxyl groups excluding tert-OH is 1. The maximum Gasteiger partial charge on any atom is 0.300 e. The highest BCUT2D eigenvalue weighted by Gasteiger charge is 2.47. The minimum Gasteiger partial charge on any atom is -0.507 e. The molecular weight excluding hydrogens is 394 g/mol. The number of Topliss-reactive ketones (excluding diaryl/α,β-unsaturated/α-hetero) is 1. The molecule has 1 aliphatic rings. The van der Waals surface area contributed by atoms with Gasteiger partial charge in [0.1, 0.15) is 17.6 Å². The summed E-state index contributed by atoms with van der Waals surface area (Å²) in [6.45, 7) is 0. The van der Waals surface area contributed by atoms with E-state index < -0.39 is 17.7 Å². The first-order valence-corrected chi connectivity index (χ1v) is 9.42. The van der Waals surface area contributed by atoms with Gasteiger partial charge in [0.15, 0.2) is 0 Å². The highest BCUT2D eigenvalue weighted by molar-refractivity contribution is 6.51. The fourth-order valence-corrected chi connectivity index (χ4v) is 3.60. The average Bonchev–Trinajstić information content (AvgIpc) is 3.09. The van der Waals surface area contributed by atoms with E-state index in [1.165, 1.54) is 12.0 Å². The largest absolute Gasteiger partial charge is 0.507 e. The summed E-state index contributed by atoms with van der Waals surface area (Å²) in [5.74, 6) is -1.60. The van der Waals surface area contributed by atoms with Crippen molar-refractivity contribution in [2.45, 2.75) is 6.04 Å². The molecule has 0 aliphatic carbocycles. The van der Waals surface area contributed by atoms with E-state index >= 15 is 0 Å². The molecule has 31 heavy (non-hydrogen) atoms. The number of rotatable bonds is 4. The highest BCUT2D eigenvalue weighted by atomic mass is 16.5. The number of nitrogens with zero attached hydrogens (tertiary/aromatic N) is 3. The van der Waals surface area contributed by atoms with E-state index in [9.17, 15) is 14.7 Å². The first-order valence-electron chi connectivity index (χ1n) is 9.42. The number of hydrogen-bond donors (Lipinski definition) is 1. The summed E-state index contributed by atoms with van der Waals surface area (Å²) in [5, 5.41) is 20.2. The van der Waals surface area contributed by atoms with Crippen molar-refractivity contribution in [1.29, 1.82) is 5.26 Å². The molecule has 4 rings (SSSR count). The van der Waals surface area contributed by atoms with Crippen LogP contribution in [-0.2, 0) is 9.59 Å². The summed E-state index contributed by atoms with van der Waals surface area (Å²) < 4.78 is 5.32. The van der Waals surface area contributed by atoms with E-state index in [0.717, 1.165) is 0 Å². The molecule has 7 heteroatoms. The number of hydrogen-bond acceptors (Lipinski definition) is 6. The van der Waals surface area contributed by atoms with Crippen LogP contribution in [0.25, 0.3) is 5.76 Å². The fourth-order valence-electron chi connectivity index (χ4n) is 3.60. The summed E-state index contributed by atoms with van der Waals surface area (Å²) in [6, 6.07) is 19.2. The van der Waals surface area contributed by atoms with Crippen molar-refractivity contribution in [3.8, 4) is 11.8 Å². The summed E-state index contributed by atoms with van der Waals surface area (Å²) in [5.41, 5.74) is 1.46. The molecule has 1 unspecified atom stereocenters. The molecule has 0 saturated carbocycles. The van der Waals surface area contributed by atoms with Crippen molar-refractivity contribution in [3.63, 3.8) is 0 Å². The lowest BCUT2D eigenvalue weighted by molar-refractivity contribution is -0.132. The van der Waals surface area contributed by atoms with Gasteiger partial charge in [0.05, 0.1) is 35.6 Å². The Morgan fingerprint density at radius 1 is 1.06 bits per heavy atom. The van der Waals surface area contributed by atoms with E-state index in [-0.39, 0.29) is 11.3 Å². The van der Waals surface area contributed by atoms with Gasteiger partial charge in [0.2, 0.25) is 0 Å². The number of aromatic nitrogens is 1. The molecule has 0 bridgehead atoms. The number of aliphatic hydroxyl groups is 1. The first kappa shape index (κ1) is 19.9. The van der Waals surface area contributed by atoms with Crippen molar-refractivity contribution >= 4 is 23.1 Å². The summed E-state index contributed by atoms with van der Waals surface area (Å²) in [7, 11) is 1.46. The molecule has 1 aromatic heterocycles. The minimum atomic E-state index is -0.945. The number of carbonyl (C=O) groups excluding carboxylic acids is 2. The SMILES string of the molecule is COc1ccccc1/C(O)=C1/C(=O)C(=O)N(c2ccc(C#N)cc2)C1c1ccccn1. The molecule has 1 atom stereocenters. The Balaban J connectivity index is 1.95. The van der Waals surface area contributed by atoms with Crippen LogP contribution in [0.1, 0.15) is 22.9 Å². The fraction of sp³-hybridized carbons (Fsp3) is 0.0833. The van der Waals surface area contributed by atoms with Gasteiger partial charge in [-0.15, -0.1) is 0 Å². The van der Waals surface area contributed by atoms with Gasteiger partial charge in [-0.1, -0.05) is 18.2 Å². The van der Waals surface area contributed by atoms with Gasteiger partial charge >= 0.3 is 0 Å². The third-order valence-corrected chi connectivity index (χ3v) is 5.05. The molecule has 3 aromatic rings. The number of benzene rings is 2. The van der Waals surface area contributed by atoms with Gasteiger partial charge in [-0.05, 0) is 48.5 Å². The monoisotopic (exact) mass is 411 g/mol. The molecule has 0 spiro atoms. The number of pyridine rings is 1. The molecule has 1 saturated heterocycles. The van der Waals surface area contributed by atoms with Crippen LogP contribution in [0.2, 0.25) is 0 Å². The topological polar surface area (TPSA) is 104 Å². The third kappa shape index (κ3) is 3.40. The zero-order valence-electron chi connectivity index (χ0n) is 16.5. The third-order valence-electron chi connectivity index (χ3n) is 5.05. The normalized spacial score (nSPS) is 17.4. The number of nitriles is 1. The maximum absolute atomic E-state index is 13.1. The highest BCUT2D eigenvalue weighted by Crippen LogP contribution is 2.42. The standard InChI is InChI=1S/C24H17N3O4/c1-31-19-8-3-2-6-17(19)22(28)20-21(18-7-4-5-13-26-18)27(24(30)23(20)29)16-11-9-15(14-25)10-12-16/h2-13,21,28H,1H3/b22-20-. The van der Waals surface area contributed by atoms with Crippen LogP contribution in [0.15, 0.2) is 78.5 Å². The summed E-state index contributed by atoms with van der Waals surface area (Å²) in [4.78, 5) is 31.7.